The highest BCUT2D eigenvalue weighted by Crippen LogP contribution is 2.44. The summed E-state index contributed by atoms with van der Waals surface area (Å²) >= 11 is 0. The highest BCUT2D eigenvalue weighted by atomic mass is 16.7. The lowest BCUT2D eigenvalue weighted by Crippen LogP contribution is -2.19. The molecular weight excluding hydrogens is 294 g/mol. The normalized spacial score (nSPS) is 30.3. The summed E-state index contributed by atoms with van der Waals surface area (Å²) in [6.07, 6.45) is 1.55. The number of cyclic esters (lactones) is 1. The molecule has 23 heavy (non-hydrogen) atoms. The highest BCUT2D eigenvalue weighted by Gasteiger charge is 2.44. The van der Waals surface area contributed by atoms with Gasteiger partial charge in [0.1, 0.15) is 0 Å². The Labute approximate surface area is 134 Å². The van der Waals surface area contributed by atoms with E-state index in [2.05, 4.69) is 17.4 Å². The van der Waals surface area contributed by atoms with Crippen LogP contribution in [-0.4, -0.2) is 18.2 Å². The summed E-state index contributed by atoms with van der Waals surface area (Å²) in [4.78, 5) is 23.8. The predicted octanol–water partition coefficient (Wildman–Crippen LogP) is 2.15. The summed E-state index contributed by atoms with van der Waals surface area (Å²) in [5.74, 6) is -0.410. The van der Waals surface area contributed by atoms with Crippen LogP contribution in [0.2, 0.25) is 0 Å². The number of nitrogens with one attached hydrogen (secondary N) is 1. The van der Waals surface area contributed by atoms with Crippen LogP contribution < -0.4 is 5.32 Å². The van der Waals surface area contributed by atoms with E-state index in [1.54, 1.807) is 13.8 Å². The molecule has 4 rings (SSSR count). The SMILES string of the molecule is CC1=C(C)C(O/C=C2/C(=O)N[C@@H]3c4ccccc4C[C@H]23)OC1=O. The Hall–Kier alpha value is -2.56. The van der Waals surface area contributed by atoms with Crippen molar-refractivity contribution in [2.45, 2.75) is 32.6 Å². The van der Waals surface area contributed by atoms with E-state index in [-0.39, 0.29) is 23.8 Å². The Morgan fingerprint density at radius 1 is 1.26 bits per heavy atom. The summed E-state index contributed by atoms with van der Waals surface area (Å²) in [7, 11) is 0. The quantitative estimate of drug-likeness (QED) is 0.516. The molecule has 0 aromatic heterocycles. The van der Waals surface area contributed by atoms with Crippen LogP contribution in [0.25, 0.3) is 0 Å². The molecular formula is C18H17NO4. The monoisotopic (exact) mass is 311 g/mol. The Kier molecular flexibility index (Phi) is 3.04. The van der Waals surface area contributed by atoms with Gasteiger partial charge < -0.3 is 14.8 Å². The van der Waals surface area contributed by atoms with Gasteiger partial charge in [0, 0.05) is 17.1 Å². The number of esters is 1. The first kappa shape index (κ1) is 14.1. The zero-order chi connectivity index (χ0) is 16.1. The summed E-state index contributed by atoms with van der Waals surface area (Å²) in [6, 6.07) is 8.15. The van der Waals surface area contributed by atoms with Crippen LogP contribution in [0.3, 0.4) is 0 Å². The molecule has 0 spiro atoms. The smallest absolute Gasteiger partial charge is 0.337 e. The molecule has 1 saturated heterocycles. The van der Waals surface area contributed by atoms with E-state index in [9.17, 15) is 9.59 Å². The summed E-state index contributed by atoms with van der Waals surface area (Å²) in [6.45, 7) is 3.51. The van der Waals surface area contributed by atoms with Crippen molar-refractivity contribution in [1.29, 1.82) is 0 Å². The number of rotatable bonds is 2. The van der Waals surface area contributed by atoms with Crippen LogP contribution in [0.1, 0.15) is 31.0 Å². The van der Waals surface area contributed by atoms with Gasteiger partial charge in [-0.2, -0.15) is 0 Å². The van der Waals surface area contributed by atoms with Crippen LogP contribution in [0.15, 0.2) is 47.2 Å². The molecule has 118 valence electrons. The largest absolute Gasteiger partial charge is 0.458 e. The third-order valence-corrected chi connectivity index (χ3v) is 4.96. The van der Waals surface area contributed by atoms with E-state index in [0.29, 0.717) is 11.1 Å². The van der Waals surface area contributed by atoms with Crippen LogP contribution in [0.4, 0.5) is 0 Å². The van der Waals surface area contributed by atoms with Crippen molar-refractivity contribution in [2.75, 3.05) is 0 Å². The fourth-order valence-electron chi connectivity index (χ4n) is 3.47. The first-order chi connectivity index (χ1) is 11.1. The second kappa shape index (κ2) is 4.98. The molecule has 3 atom stereocenters. The fourth-order valence-corrected chi connectivity index (χ4v) is 3.47. The molecule has 0 saturated carbocycles. The maximum Gasteiger partial charge on any atom is 0.337 e. The van der Waals surface area contributed by atoms with Crippen molar-refractivity contribution in [2.24, 2.45) is 5.92 Å². The van der Waals surface area contributed by atoms with Gasteiger partial charge in [-0.3, -0.25) is 4.79 Å². The standard InChI is InChI=1S/C18H17NO4/c1-9-10(2)18(23-17(9)21)22-8-14-13-7-11-5-3-4-6-12(11)15(13)19-16(14)20/h3-6,8,13,15,18H,7H2,1-2H3,(H,19,20)/b14-8+/t13-,15-,18?/m1/s1. The Morgan fingerprint density at radius 3 is 2.78 bits per heavy atom. The van der Waals surface area contributed by atoms with E-state index < -0.39 is 6.29 Å². The minimum absolute atomic E-state index is 0.0121. The molecule has 1 aromatic carbocycles. The van der Waals surface area contributed by atoms with Crippen molar-refractivity contribution in [3.05, 3.63) is 58.4 Å². The third-order valence-electron chi connectivity index (χ3n) is 4.96. The number of hydrogen-bond acceptors (Lipinski definition) is 4. The van der Waals surface area contributed by atoms with Crippen molar-refractivity contribution in [3.8, 4) is 0 Å². The van der Waals surface area contributed by atoms with Gasteiger partial charge in [-0.1, -0.05) is 24.3 Å². The number of benzene rings is 1. The molecule has 1 aliphatic carbocycles. The van der Waals surface area contributed by atoms with E-state index >= 15 is 0 Å². The number of carbonyl (C=O) groups excluding carboxylic acids is 2. The first-order valence-electron chi connectivity index (χ1n) is 7.69. The Bertz CT molecular complexity index is 777. The van der Waals surface area contributed by atoms with Gasteiger partial charge in [0.05, 0.1) is 17.9 Å². The van der Waals surface area contributed by atoms with Gasteiger partial charge in [-0.25, -0.2) is 4.79 Å². The van der Waals surface area contributed by atoms with Crippen molar-refractivity contribution < 1.29 is 19.1 Å². The first-order valence-corrected chi connectivity index (χ1v) is 7.69. The van der Waals surface area contributed by atoms with Crippen LogP contribution in [0.5, 0.6) is 0 Å². The van der Waals surface area contributed by atoms with Crippen LogP contribution in [0, 0.1) is 5.92 Å². The van der Waals surface area contributed by atoms with Gasteiger partial charge in [0.25, 0.3) is 12.2 Å². The third kappa shape index (κ3) is 2.07. The number of fused-ring (bicyclic) bond motifs is 3. The molecule has 1 fully saturated rings. The number of amides is 1. The lowest BCUT2D eigenvalue weighted by atomic mass is 9.97. The topological polar surface area (TPSA) is 64.6 Å². The molecule has 5 nitrogen and oxygen atoms in total. The van der Waals surface area contributed by atoms with Gasteiger partial charge in [-0.05, 0) is 31.4 Å². The van der Waals surface area contributed by atoms with Crippen molar-refractivity contribution in [3.63, 3.8) is 0 Å². The molecule has 1 amide bonds. The summed E-state index contributed by atoms with van der Waals surface area (Å²) < 4.78 is 10.7. The van der Waals surface area contributed by atoms with Crippen LogP contribution >= 0.6 is 0 Å². The van der Waals surface area contributed by atoms with E-state index in [0.717, 1.165) is 12.0 Å². The lowest BCUT2D eigenvalue weighted by molar-refractivity contribution is -0.153. The zero-order valence-electron chi connectivity index (χ0n) is 13.0. The molecule has 0 radical (unpaired) electrons. The molecule has 1 N–H and O–H groups in total. The van der Waals surface area contributed by atoms with Crippen molar-refractivity contribution in [1.82, 2.24) is 5.32 Å². The number of hydrogen-bond donors (Lipinski definition) is 1. The number of carbonyl (C=O) groups is 2. The zero-order valence-corrected chi connectivity index (χ0v) is 13.0. The molecule has 2 heterocycles. The van der Waals surface area contributed by atoms with Gasteiger partial charge in [0.2, 0.25) is 0 Å². The maximum absolute atomic E-state index is 12.2. The minimum atomic E-state index is -0.731. The molecule has 1 aromatic rings. The van der Waals surface area contributed by atoms with Crippen LogP contribution in [-0.2, 0) is 25.5 Å². The average Bonchev–Trinajstić information content (AvgIpc) is 3.12. The van der Waals surface area contributed by atoms with E-state index in [1.807, 2.05) is 12.1 Å². The molecule has 0 bridgehead atoms. The fraction of sp³-hybridized carbons (Fsp3) is 0.333. The van der Waals surface area contributed by atoms with Gasteiger partial charge in [-0.15, -0.1) is 0 Å². The van der Waals surface area contributed by atoms with Gasteiger partial charge in [0.15, 0.2) is 0 Å². The number of ether oxygens (including phenoxy) is 2. The Morgan fingerprint density at radius 2 is 2.04 bits per heavy atom. The lowest BCUT2D eigenvalue weighted by Gasteiger charge is -2.13. The van der Waals surface area contributed by atoms with Gasteiger partial charge >= 0.3 is 5.97 Å². The van der Waals surface area contributed by atoms with Crippen molar-refractivity contribution >= 4 is 11.9 Å². The second-order valence-corrected chi connectivity index (χ2v) is 6.22. The minimum Gasteiger partial charge on any atom is -0.458 e. The molecule has 2 aliphatic heterocycles. The second-order valence-electron chi connectivity index (χ2n) is 6.22. The van der Waals surface area contributed by atoms with E-state index in [1.165, 1.54) is 17.4 Å². The molecule has 5 heteroatoms. The maximum atomic E-state index is 12.2. The molecule has 1 unspecified atom stereocenters. The Balaban J connectivity index is 1.57. The van der Waals surface area contributed by atoms with E-state index in [4.69, 9.17) is 9.47 Å². The molecule has 3 aliphatic rings. The predicted molar refractivity (Wildman–Crippen MR) is 81.9 cm³/mol. The summed E-state index contributed by atoms with van der Waals surface area (Å²) in [5.41, 5.74) is 4.35. The summed E-state index contributed by atoms with van der Waals surface area (Å²) in [5, 5.41) is 3.02. The highest BCUT2D eigenvalue weighted by molar-refractivity contribution is 5.97. The average molecular weight is 311 g/mol.